The van der Waals surface area contributed by atoms with E-state index in [-0.39, 0.29) is 17.6 Å². The lowest BCUT2D eigenvalue weighted by atomic mass is 9.97. The fourth-order valence-electron chi connectivity index (χ4n) is 4.31. The Hall–Kier alpha value is -2.54. The van der Waals surface area contributed by atoms with Crippen molar-refractivity contribution in [2.45, 2.75) is 32.1 Å². The molecule has 0 saturated carbocycles. The van der Waals surface area contributed by atoms with E-state index in [1.165, 1.54) is 31.4 Å². The second-order valence-electron chi connectivity index (χ2n) is 8.26. The Morgan fingerprint density at radius 2 is 1.73 bits per heavy atom. The van der Waals surface area contributed by atoms with Crippen LogP contribution in [0.25, 0.3) is 11.1 Å². The highest BCUT2D eigenvalue weighted by Gasteiger charge is 2.27. The molecule has 1 aromatic carbocycles. The Labute approximate surface area is 177 Å². The summed E-state index contributed by atoms with van der Waals surface area (Å²) >= 11 is 0. The molecule has 4 rings (SSSR count). The molecule has 1 aromatic heterocycles. The minimum atomic E-state index is -0.259. The van der Waals surface area contributed by atoms with Crippen molar-refractivity contribution in [2.24, 2.45) is 5.92 Å². The van der Waals surface area contributed by atoms with E-state index in [0.717, 1.165) is 56.7 Å². The van der Waals surface area contributed by atoms with Gasteiger partial charge < -0.3 is 15.1 Å². The lowest BCUT2D eigenvalue weighted by molar-refractivity contribution is -0.125. The predicted octanol–water partition coefficient (Wildman–Crippen LogP) is 3.10. The SMILES string of the molecule is O=C(NCCN1CCCCC1)[C@H]1CCCN(c2ncc(-c3ccc(F)cc3)cn2)C1. The van der Waals surface area contributed by atoms with Gasteiger partial charge in [-0.1, -0.05) is 18.6 Å². The Kier molecular flexibility index (Phi) is 6.89. The van der Waals surface area contributed by atoms with Gasteiger partial charge in [0.15, 0.2) is 0 Å². The summed E-state index contributed by atoms with van der Waals surface area (Å²) in [6.07, 6.45) is 9.24. The third kappa shape index (κ3) is 5.33. The monoisotopic (exact) mass is 411 g/mol. The van der Waals surface area contributed by atoms with E-state index in [4.69, 9.17) is 0 Å². The number of aromatic nitrogens is 2. The number of nitrogens with zero attached hydrogens (tertiary/aromatic N) is 4. The number of hydrogen-bond donors (Lipinski definition) is 1. The smallest absolute Gasteiger partial charge is 0.225 e. The zero-order valence-electron chi connectivity index (χ0n) is 17.4. The molecule has 1 amide bonds. The number of benzene rings is 1. The molecule has 160 valence electrons. The molecule has 2 aliphatic heterocycles. The summed E-state index contributed by atoms with van der Waals surface area (Å²) in [5.41, 5.74) is 1.73. The normalized spacial score (nSPS) is 20.2. The summed E-state index contributed by atoms with van der Waals surface area (Å²) in [4.78, 5) is 26.2. The number of hydrogen-bond acceptors (Lipinski definition) is 5. The summed E-state index contributed by atoms with van der Waals surface area (Å²) in [5, 5.41) is 3.13. The fourth-order valence-corrected chi connectivity index (χ4v) is 4.31. The maximum absolute atomic E-state index is 13.1. The molecule has 0 spiro atoms. The molecule has 1 atom stereocenters. The van der Waals surface area contributed by atoms with Crippen LogP contribution >= 0.6 is 0 Å². The largest absolute Gasteiger partial charge is 0.355 e. The number of carbonyl (C=O) groups excluding carboxylic acids is 1. The third-order valence-corrected chi connectivity index (χ3v) is 6.07. The van der Waals surface area contributed by atoms with Crippen LogP contribution in [-0.2, 0) is 4.79 Å². The number of rotatable bonds is 6. The standard InChI is InChI=1S/C23H30FN5O/c24-21-8-6-18(7-9-21)20-15-26-23(27-16-20)29-13-4-5-19(17-29)22(30)25-10-14-28-11-2-1-3-12-28/h6-9,15-16,19H,1-5,10-14,17H2,(H,25,30)/t19-/m0/s1. The van der Waals surface area contributed by atoms with Crippen LogP contribution in [-0.4, -0.2) is 60.0 Å². The van der Waals surface area contributed by atoms with Gasteiger partial charge in [0.1, 0.15) is 5.82 Å². The zero-order valence-corrected chi connectivity index (χ0v) is 17.4. The molecule has 0 bridgehead atoms. The molecular formula is C23H30FN5O. The molecule has 3 heterocycles. The number of nitrogens with one attached hydrogen (secondary N) is 1. The molecule has 30 heavy (non-hydrogen) atoms. The number of piperidine rings is 2. The first kappa shape index (κ1) is 20.7. The van der Waals surface area contributed by atoms with Crippen molar-refractivity contribution in [2.75, 3.05) is 44.2 Å². The lowest BCUT2D eigenvalue weighted by Gasteiger charge is -2.32. The van der Waals surface area contributed by atoms with E-state index >= 15 is 0 Å². The minimum absolute atomic E-state index is 0.0273. The van der Waals surface area contributed by atoms with Gasteiger partial charge in [-0.2, -0.15) is 0 Å². The average Bonchev–Trinajstić information content (AvgIpc) is 2.80. The Bertz CT molecular complexity index is 820. The van der Waals surface area contributed by atoms with Crippen molar-refractivity contribution in [3.63, 3.8) is 0 Å². The zero-order chi connectivity index (χ0) is 20.8. The maximum Gasteiger partial charge on any atom is 0.225 e. The van der Waals surface area contributed by atoms with Gasteiger partial charge in [0.2, 0.25) is 11.9 Å². The van der Waals surface area contributed by atoms with Gasteiger partial charge in [0.05, 0.1) is 5.92 Å². The van der Waals surface area contributed by atoms with Crippen molar-refractivity contribution in [3.05, 3.63) is 42.5 Å². The Balaban J connectivity index is 1.29. The van der Waals surface area contributed by atoms with E-state index in [2.05, 4.69) is 25.1 Å². The Morgan fingerprint density at radius 3 is 2.47 bits per heavy atom. The van der Waals surface area contributed by atoms with Crippen LogP contribution in [0, 0.1) is 11.7 Å². The molecule has 2 aromatic rings. The molecule has 7 heteroatoms. The van der Waals surface area contributed by atoms with Gasteiger partial charge in [0.25, 0.3) is 0 Å². The summed E-state index contributed by atoms with van der Waals surface area (Å²) in [5.74, 6) is 0.497. The van der Waals surface area contributed by atoms with Crippen LogP contribution in [0.4, 0.5) is 10.3 Å². The highest BCUT2D eigenvalue weighted by molar-refractivity contribution is 5.79. The van der Waals surface area contributed by atoms with Gasteiger partial charge in [-0.25, -0.2) is 14.4 Å². The molecule has 0 radical (unpaired) electrons. The first-order chi connectivity index (χ1) is 14.7. The Morgan fingerprint density at radius 1 is 1.00 bits per heavy atom. The van der Waals surface area contributed by atoms with Crippen LogP contribution in [0.2, 0.25) is 0 Å². The van der Waals surface area contributed by atoms with Crippen molar-refractivity contribution in [1.82, 2.24) is 20.2 Å². The van der Waals surface area contributed by atoms with Crippen LogP contribution in [0.15, 0.2) is 36.7 Å². The van der Waals surface area contributed by atoms with Crippen molar-refractivity contribution in [3.8, 4) is 11.1 Å². The first-order valence-electron chi connectivity index (χ1n) is 11.0. The number of halogens is 1. The van der Waals surface area contributed by atoms with E-state index in [1.54, 1.807) is 24.5 Å². The van der Waals surface area contributed by atoms with Gasteiger partial charge in [-0.05, 0) is 56.5 Å². The first-order valence-corrected chi connectivity index (χ1v) is 11.0. The summed E-state index contributed by atoms with van der Waals surface area (Å²) < 4.78 is 13.1. The molecule has 1 N–H and O–H groups in total. The van der Waals surface area contributed by atoms with Gasteiger partial charge in [-0.3, -0.25) is 4.79 Å². The second-order valence-corrected chi connectivity index (χ2v) is 8.26. The predicted molar refractivity (Wildman–Crippen MR) is 116 cm³/mol. The highest BCUT2D eigenvalue weighted by Crippen LogP contribution is 2.23. The molecule has 2 fully saturated rings. The number of amides is 1. The topological polar surface area (TPSA) is 61.4 Å². The highest BCUT2D eigenvalue weighted by atomic mass is 19.1. The van der Waals surface area contributed by atoms with Gasteiger partial charge in [-0.15, -0.1) is 0 Å². The molecular weight excluding hydrogens is 381 g/mol. The van der Waals surface area contributed by atoms with E-state index < -0.39 is 0 Å². The van der Waals surface area contributed by atoms with Gasteiger partial charge in [0, 0.05) is 44.1 Å². The number of likely N-dealkylation sites (tertiary alicyclic amines) is 1. The lowest BCUT2D eigenvalue weighted by Crippen LogP contribution is -2.45. The van der Waals surface area contributed by atoms with Crippen LogP contribution in [0.1, 0.15) is 32.1 Å². The van der Waals surface area contributed by atoms with Crippen LogP contribution in [0.5, 0.6) is 0 Å². The van der Waals surface area contributed by atoms with Crippen molar-refractivity contribution < 1.29 is 9.18 Å². The van der Waals surface area contributed by atoms with Gasteiger partial charge >= 0.3 is 0 Å². The quantitative estimate of drug-likeness (QED) is 0.792. The van der Waals surface area contributed by atoms with Crippen molar-refractivity contribution in [1.29, 1.82) is 0 Å². The van der Waals surface area contributed by atoms with E-state index in [1.807, 2.05) is 0 Å². The molecule has 2 aliphatic rings. The third-order valence-electron chi connectivity index (χ3n) is 6.07. The van der Waals surface area contributed by atoms with E-state index in [9.17, 15) is 9.18 Å². The fraction of sp³-hybridized carbons (Fsp3) is 0.522. The second kappa shape index (κ2) is 9.98. The molecule has 0 unspecified atom stereocenters. The number of carbonyl (C=O) groups is 1. The molecule has 0 aliphatic carbocycles. The summed E-state index contributed by atoms with van der Waals surface area (Å²) in [6, 6.07) is 6.31. The molecule has 6 nitrogen and oxygen atoms in total. The summed E-state index contributed by atoms with van der Waals surface area (Å²) in [6.45, 7) is 5.46. The maximum atomic E-state index is 13.1. The number of anilines is 1. The van der Waals surface area contributed by atoms with E-state index in [0.29, 0.717) is 12.5 Å². The van der Waals surface area contributed by atoms with Crippen molar-refractivity contribution >= 4 is 11.9 Å². The molecule has 2 saturated heterocycles. The average molecular weight is 412 g/mol. The summed E-state index contributed by atoms with van der Waals surface area (Å²) in [7, 11) is 0. The van der Waals surface area contributed by atoms with Crippen LogP contribution < -0.4 is 10.2 Å². The van der Waals surface area contributed by atoms with Crippen LogP contribution in [0.3, 0.4) is 0 Å². The minimum Gasteiger partial charge on any atom is -0.355 e.